The Morgan fingerprint density at radius 3 is 1.32 bits per heavy atom. The molecule has 0 spiro atoms. The summed E-state index contributed by atoms with van der Waals surface area (Å²) in [6.07, 6.45) is 0. The van der Waals surface area contributed by atoms with E-state index in [2.05, 4.69) is 0 Å². The largest absolute Gasteiger partial charge is 0.390 e. The van der Waals surface area contributed by atoms with Crippen LogP contribution < -0.4 is 21.2 Å². The van der Waals surface area contributed by atoms with Crippen LogP contribution in [0.3, 0.4) is 0 Å². The van der Waals surface area contributed by atoms with Gasteiger partial charge in [0.25, 0.3) is 0 Å². The summed E-state index contributed by atoms with van der Waals surface area (Å²) in [6, 6.07) is 38.1. The minimum absolute atomic E-state index is 0.675. The third-order valence-electron chi connectivity index (χ3n) is 5.79. The number of aliphatic hydroxyl groups is 1. The first kappa shape index (κ1) is 22.6. The first-order valence-corrected chi connectivity index (χ1v) is 13.6. The molecule has 1 saturated heterocycles. The topological polar surface area (TPSA) is 63.6 Å². The van der Waals surface area contributed by atoms with Crippen LogP contribution in [0.15, 0.2) is 121 Å². The molecule has 1 aliphatic rings. The smallest absolute Gasteiger partial charge is 0.352 e. The molecule has 0 amide bonds. The summed E-state index contributed by atoms with van der Waals surface area (Å²) in [5.74, 6) is -1.55. The monoisotopic (exact) mass is 484 g/mol. The molecule has 5 rings (SSSR count). The highest BCUT2D eigenvalue weighted by atomic mass is 31.1. The van der Waals surface area contributed by atoms with E-state index in [9.17, 15) is 14.7 Å². The van der Waals surface area contributed by atoms with Gasteiger partial charge < -0.3 is 9.84 Å². The Morgan fingerprint density at radius 2 is 0.941 bits per heavy atom. The van der Waals surface area contributed by atoms with Crippen molar-refractivity contribution in [2.45, 2.75) is 11.0 Å². The van der Waals surface area contributed by atoms with E-state index < -0.39 is 38.8 Å². The first-order chi connectivity index (χ1) is 16.6. The molecule has 0 aromatic heterocycles. The van der Waals surface area contributed by atoms with Gasteiger partial charge in [0.2, 0.25) is 5.34 Å². The predicted molar refractivity (Wildman–Crippen MR) is 138 cm³/mol. The van der Waals surface area contributed by atoms with Crippen LogP contribution in [0.2, 0.25) is 0 Å². The molecule has 0 saturated carbocycles. The fourth-order valence-corrected chi connectivity index (χ4v) is 10.2. The Morgan fingerprint density at radius 1 is 0.588 bits per heavy atom. The Balaban J connectivity index is 1.75. The van der Waals surface area contributed by atoms with E-state index in [1.54, 1.807) is 0 Å². The van der Waals surface area contributed by atoms with Crippen molar-refractivity contribution in [1.82, 2.24) is 0 Å². The van der Waals surface area contributed by atoms with E-state index in [0.29, 0.717) is 0 Å². The van der Waals surface area contributed by atoms with Gasteiger partial charge in [-0.15, -0.1) is 0 Å². The number of esters is 2. The summed E-state index contributed by atoms with van der Waals surface area (Å²) in [5, 5.41) is 13.8. The summed E-state index contributed by atoms with van der Waals surface area (Å²) in [4.78, 5) is 26.8. The van der Waals surface area contributed by atoms with E-state index in [0.717, 1.165) is 21.2 Å². The highest BCUT2D eigenvalue weighted by Gasteiger charge is 2.64. The third kappa shape index (κ3) is 3.99. The van der Waals surface area contributed by atoms with Crippen LogP contribution in [0.5, 0.6) is 0 Å². The molecule has 4 nitrogen and oxygen atoms in total. The average molecular weight is 484 g/mol. The van der Waals surface area contributed by atoms with Gasteiger partial charge in [-0.3, -0.25) is 4.79 Å². The van der Waals surface area contributed by atoms with Crippen molar-refractivity contribution in [3.63, 3.8) is 0 Å². The molecule has 1 fully saturated rings. The van der Waals surface area contributed by atoms with Gasteiger partial charge >= 0.3 is 11.9 Å². The van der Waals surface area contributed by atoms with Gasteiger partial charge in [0.15, 0.2) is 0 Å². The quantitative estimate of drug-likeness (QED) is 0.259. The molecule has 0 radical (unpaired) electrons. The summed E-state index contributed by atoms with van der Waals surface area (Å²) in [7, 11) is -3.12. The fourth-order valence-electron chi connectivity index (χ4n) is 4.32. The molecule has 4 aromatic rings. The highest BCUT2D eigenvalue weighted by molar-refractivity contribution is 7.79. The summed E-state index contributed by atoms with van der Waals surface area (Å²) in [6.45, 7) is 0. The summed E-state index contributed by atoms with van der Waals surface area (Å²) < 4.78 is 5.24. The van der Waals surface area contributed by atoms with E-state index in [1.165, 1.54) is 0 Å². The van der Waals surface area contributed by atoms with E-state index in [1.807, 2.05) is 121 Å². The van der Waals surface area contributed by atoms with Crippen LogP contribution in [-0.4, -0.2) is 28.0 Å². The SMILES string of the molecule is O=C1OC(=O)C(O)(P(c2ccccc2)c2ccccc2)C1P(c1ccccc1)c1ccccc1. The van der Waals surface area contributed by atoms with Crippen molar-refractivity contribution in [3.8, 4) is 0 Å². The van der Waals surface area contributed by atoms with E-state index in [4.69, 9.17) is 4.74 Å². The van der Waals surface area contributed by atoms with Gasteiger partial charge in [-0.1, -0.05) is 121 Å². The number of ether oxygens (including phenoxy) is 1. The van der Waals surface area contributed by atoms with Gasteiger partial charge in [-0.2, -0.15) is 0 Å². The van der Waals surface area contributed by atoms with Crippen LogP contribution in [0, 0.1) is 0 Å². The van der Waals surface area contributed by atoms with Crippen molar-refractivity contribution in [3.05, 3.63) is 121 Å². The molecule has 2 atom stereocenters. The van der Waals surface area contributed by atoms with Crippen LogP contribution in [0.25, 0.3) is 0 Å². The number of rotatable bonds is 6. The van der Waals surface area contributed by atoms with Crippen molar-refractivity contribution in [1.29, 1.82) is 0 Å². The molecule has 1 heterocycles. The zero-order valence-corrected chi connectivity index (χ0v) is 20.0. The maximum atomic E-state index is 13.4. The maximum Gasteiger partial charge on any atom is 0.352 e. The third-order valence-corrected chi connectivity index (χ3v) is 11.6. The fraction of sp³-hybridized carbons (Fsp3) is 0.0714. The van der Waals surface area contributed by atoms with Crippen molar-refractivity contribution in [2.24, 2.45) is 0 Å². The number of carbonyl (C=O) groups is 2. The second-order valence-electron chi connectivity index (χ2n) is 7.88. The summed E-state index contributed by atoms with van der Waals surface area (Å²) >= 11 is 0. The molecule has 34 heavy (non-hydrogen) atoms. The van der Waals surface area contributed by atoms with Gasteiger partial charge in [-0.25, -0.2) is 4.79 Å². The van der Waals surface area contributed by atoms with E-state index in [-0.39, 0.29) is 0 Å². The molecule has 1 N–H and O–H groups in total. The van der Waals surface area contributed by atoms with Gasteiger partial charge in [0.05, 0.1) is 0 Å². The number of hydrogen-bond donors (Lipinski definition) is 1. The van der Waals surface area contributed by atoms with E-state index >= 15 is 0 Å². The minimum atomic E-state index is -2.02. The molecule has 0 aliphatic carbocycles. The van der Waals surface area contributed by atoms with Crippen LogP contribution in [0.4, 0.5) is 0 Å². The highest BCUT2D eigenvalue weighted by Crippen LogP contribution is 2.60. The molecular formula is C28H22O4P2. The second kappa shape index (κ2) is 9.60. The van der Waals surface area contributed by atoms with Crippen molar-refractivity contribution < 1.29 is 19.4 Å². The maximum absolute atomic E-state index is 13.4. The van der Waals surface area contributed by atoms with Crippen LogP contribution >= 0.6 is 15.8 Å². The van der Waals surface area contributed by atoms with Gasteiger partial charge in [-0.05, 0) is 29.1 Å². The first-order valence-electron chi connectivity index (χ1n) is 10.9. The Labute approximate surface area is 200 Å². The Kier molecular flexibility index (Phi) is 6.39. The molecule has 1 aliphatic heterocycles. The lowest BCUT2D eigenvalue weighted by molar-refractivity contribution is -0.155. The Hall–Kier alpha value is -3.16. The molecule has 6 heteroatoms. The van der Waals surface area contributed by atoms with Crippen LogP contribution in [0.1, 0.15) is 0 Å². The number of hydrogen-bond acceptors (Lipinski definition) is 4. The molecular weight excluding hydrogens is 462 g/mol. The number of benzene rings is 4. The van der Waals surface area contributed by atoms with Crippen molar-refractivity contribution >= 4 is 49.0 Å². The Bertz CT molecular complexity index is 1200. The summed E-state index contributed by atoms with van der Waals surface area (Å²) in [5.41, 5.74) is -1.05. The lowest BCUT2D eigenvalue weighted by atomic mass is 10.3. The second-order valence-corrected chi connectivity index (χ2v) is 12.6. The van der Waals surface area contributed by atoms with Gasteiger partial charge in [0.1, 0.15) is 5.66 Å². The average Bonchev–Trinajstić information content (AvgIpc) is 3.10. The predicted octanol–water partition coefficient (Wildman–Crippen LogP) is 3.39. The van der Waals surface area contributed by atoms with Gasteiger partial charge in [0, 0.05) is 7.92 Å². The van der Waals surface area contributed by atoms with Crippen LogP contribution in [-0.2, 0) is 14.3 Å². The molecule has 168 valence electrons. The molecule has 2 unspecified atom stereocenters. The number of cyclic esters (lactones) is 2. The molecule has 0 bridgehead atoms. The lowest BCUT2D eigenvalue weighted by Gasteiger charge is -2.37. The van der Waals surface area contributed by atoms with Crippen molar-refractivity contribution in [2.75, 3.05) is 0 Å². The zero-order valence-electron chi connectivity index (χ0n) is 18.2. The standard InChI is InChI=1S/C28H22O4P2/c29-26-25(33(21-13-5-1-6-14-21)22-15-7-2-8-16-22)28(31,27(30)32-26)34(23-17-9-3-10-18-23)24-19-11-4-12-20-24/h1-20,25,31H. The number of carbonyl (C=O) groups excluding carboxylic acids is 2. The molecule has 4 aromatic carbocycles. The normalized spacial score (nSPS) is 20.0. The minimum Gasteiger partial charge on any atom is -0.390 e. The zero-order chi connectivity index (χ0) is 23.5. The lowest BCUT2D eigenvalue weighted by Crippen LogP contribution is -2.49.